The Kier molecular flexibility index (Phi) is 7.37. The SMILES string of the molecule is CCCOC(=O)c1cccc(NC(=O)OCc2ccccc2)c1OC(C)=O. The van der Waals surface area contributed by atoms with Crippen LogP contribution in [0.1, 0.15) is 36.2 Å². The lowest BCUT2D eigenvalue weighted by molar-refractivity contribution is -0.131. The van der Waals surface area contributed by atoms with Crippen molar-refractivity contribution in [2.24, 2.45) is 0 Å². The van der Waals surface area contributed by atoms with E-state index in [4.69, 9.17) is 14.2 Å². The van der Waals surface area contributed by atoms with E-state index < -0.39 is 18.0 Å². The Morgan fingerprint density at radius 1 is 0.963 bits per heavy atom. The minimum absolute atomic E-state index is 0.0412. The molecule has 27 heavy (non-hydrogen) atoms. The van der Waals surface area contributed by atoms with Crippen LogP contribution in [-0.2, 0) is 20.9 Å². The second kappa shape index (κ2) is 9.96. The highest BCUT2D eigenvalue weighted by Crippen LogP contribution is 2.30. The number of carbonyl (C=O) groups excluding carboxylic acids is 3. The number of esters is 2. The van der Waals surface area contributed by atoms with Gasteiger partial charge in [0.2, 0.25) is 0 Å². The van der Waals surface area contributed by atoms with E-state index in [-0.39, 0.29) is 30.2 Å². The van der Waals surface area contributed by atoms with E-state index in [2.05, 4.69) is 5.32 Å². The number of rotatable bonds is 7. The van der Waals surface area contributed by atoms with Crippen LogP contribution >= 0.6 is 0 Å². The minimum atomic E-state index is -0.744. The van der Waals surface area contributed by atoms with Gasteiger partial charge in [0.25, 0.3) is 0 Å². The van der Waals surface area contributed by atoms with Crippen molar-refractivity contribution in [3.05, 3.63) is 59.7 Å². The average Bonchev–Trinajstić information content (AvgIpc) is 2.66. The van der Waals surface area contributed by atoms with Crippen LogP contribution < -0.4 is 10.1 Å². The Morgan fingerprint density at radius 3 is 2.37 bits per heavy atom. The number of hydrogen-bond donors (Lipinski definition) is 1. The summed E-state index contributed by atoms with van der Waals surface area (Å²) in [6.45, 7) is 3.37. The third-order valence-corrected chi connectivity index (χ3v) is 3.37. The van der Waals surface area contributed by atoms with Crippen molar-refractivity contribution in [3.8, 4) is 5.75 Å². The third kappa shape index (κ3) is 6.14. The molecule has 0 bridgehead atoms. The van der Waals surface area contributed by atoms with Crippen molar-refractivity contribution in [2.75, 3.05) is 11.9 Å². The number of anilines is 1. The highest BCUT2D eigenvalue weighted by Gasteiger charge is 2.20. The quantitative estimate of drug-likeness (QED) is 0.586. The molecule has 7 heteroatoms. The van der Waals surface area contributed by atoms with Crippen LogP contribution in [0.2, 0.25) is 0 Å². The monoisotopic (exact) mass is 371 g/mol. The molecule has 0 fully saturated rings. The predicted octanol–water partition coefficient (Wildman–Crippen LogP) is 3.93. The van der Waals surface area contributed by atoms with Crippen LogP contribution in [0.15, 0.2) is 48.5 Å². The van der Waals surface area contributed by atoms with Crippen molar-refractivity contribution in [1.82, 2.24) is 0 Å². The van der Waals surface area contributed by atoms with E-state index in [0.29, 0.717) is 6.42 Å². The van der Waals surface area contributed by atoms with Gasteiger partial charge in [0, 0.05) is 6.92 Å². The Balaban J connectivity index is 2.15. The molecule has 2 rings (SSSR count). The Hall–Kier alpha value is -3.35. The zero-order chi connectivity index (χ0) is 19.6. The zero-order valence-electron chi connectivity index (χ0n) is 15.2. The second-order valence-corrected chi connectivity index (χ2v) is 5.60. The second-order valence-electron chi connectivity index (χ2n) is 5.60. The van der Waals surface area contributed by atoms with Crippen molar-refractivity contribution >= 4 is 23.7 Å². The van der Waals surface area contributed by atoms with Gasteiger partial charge < -0.3 is 14.2 Å². The predicted molar refractivity (Wildman–Crippen MR) is 98.6 cm³/mol. The molecule has 1 amide bonds. The Bertz CT molecular complexity index is 803. The van der Waals surface area contributed by atoms with Crippen LogP contribution in [-0.4, -0.2) is 24.6 Å². The molecule has 0 saturated heterocycles. The fourth-order valence-corrected chi connectivity index (χ4v) is 2.19. The average molecular weight is 371 g/mol. The van der Waals surface area contributed by atoms with E-state index in [9.17, 15) is 14.4 Å². The minimum Gasteiger partial charge on any atom is -0.462 e. The Morgan fingerprint density at radius 2 is 1.70 bits per heavy atom. The first-order chi connectivity index (χ1) is 13.0. The maximum absolute atomic E-state index is 12.2. The van der Waals surface area contributed by atoms with Gasteiger partial charge in [0.15, 0.2) is 5.75 Å². The van der Waals surface area contributed by atoms with E-state index in [1.54, 1.807) is 6.07 Å². The molecule has 0 aromatic heterocycles. The van der Waals surface area contributed by atoms with Crippen LogP contribution in [0, 0.1) is 0 Å². The summed E-state index contributed by atoms with van der Waals surface area (Å²) in [5.41, 5.74) is 0.999. The van der Waals surface area contributed by atoms with Crippen LogP contribution in [0.3, 0.4) is 0 Å². The molecule has 142 valence electrons. The number of nitrogens with one attached hydrogen (secondary N) is 1. The lowest BCUT2D eigenvalue weighted by Crippen LogP contribution is -2.17. The first-order valence-electron chi connectivity index (χ1n) is 8.47. The summed E-state index contributed by atoms with van der Waals surface area (Å²) in [5, 5.41) is 2.49. The van der Waals surface area contributed by atoms with Crippen LogP contribution in [0.25, 0.3) is 0 Å². The molecule has 2 aromatic carbocycles. The number of amides is 1. The summed E-state index contributed by atoms with van der Waals surface area (Å²) < 4.78 is 15.4. The van der Waals surface area contributed by atoms with Crippen molar-refractivity contribution in [3.63, 3.8) is 0 Å². The molecule has 0 aliphatic carbocycles. The standard InChI is InChI=1S/C20H21NO6/c1-3-12-25-19(23)16-10-7-11-17(18(16)27-14(2)22)21-20(24)26-13-15-8-5-4-6-9-15/h4-11H,3,12-13H2,1-2H3,(H,21,24). The normalized spacial score (nSPS) is 10.0. The van der Waals surface area contributed by atoms with Crippen molar-refractivity contribution in [2.45, 2.75) is 26.9 Å². The van der Waals surface area contributed by atoms with Crippen LogP contribution in [0.5, 0.6) is 5.75 Å². The van der Waals surface area contributed by atoms with Gasteiger partial charge in [0.05, 0.1) is 12.3 Å². The van der Waals surface area contributed by atoms with Gasteiger partial charge in [-0.25, -0.2) is 9.59 Å². The molecule has 0 saturated carbocycles. The smallest absolute Gasteiger partial charge is 0.412 e. The molecule has 1 N–H and O–H groups in total. The van der Waals surface area contributed by atoms with Gasteiger partial charge in [0.1, 0.15) is 12.2 Å². The van der Waals surface area contributed by atoms with Gasteiger partial charge in [-0.05, 0) is 24.1 Å². The highest BCUT2D eigenvalue weighted by atomic mass is 16.6. The zero-order valence-corrected chi connectivity index (χ0v) is 15.2. The molecule has 0 radical (unpaired) electrons. The summed E-state index contributed by atoms with van der Waals surface area (Å²) in [7, 11) is 0. The maximum atomic E-state index is 12.2. The number of carbonyl (C=O) groups is 3. The van der Waals surface area contributed by atoms with Gasteiger partial charge >= 0.3 is 18.0 Å². The summed E-state index contributed by atoms with van der Waals surface area (Å²) in [6, 6.07) is 13.7. The Labute approximate surface area is 157 Å². The van der Waals surface area contributed by atoms with Gasteiger partial charge in [-0.15, -0.1) is 0 Å². The van der Waals surface area contributed by atoms with Gasteiger partial charge in [-0.3, -0.25) is 10.1 Å². The topological polar surface area (TPSA) is 90.9 Å². The fraction of sp³-hybridized carbons (Fsp3) is 0.250. The first kappa shape index (κ1) is 20.0. The van der Waals surface area contributed by atoms with Gasteiger partial charge in [-0.2, -0.15) is 0 Å². The molecule has 0 heterocycles. The van der Waals surface area contributed by atoms with E-state index in [0.717, 1.165) is 5.56 Å². The summed E-state index contributed by atoms with van der Waals surface area (Å²) in [5.74, 6) is -1.36. The molecule has 0 spiro atoms. The molecule has 0 unspecified atom stereocenters. The summed E-state index contributed by atoms with van der Waals surface area (Å²) >= 11 is 0. The maximum Gasteiger partial charge on any atom is 0.412 e. The molecule has 0 aliphatic rings. The molecule has 0 atom stereocenters. The molecule has 2 aromatic rings. The third-order valence-electron chi connectivity index (χ3n) is 3.37. The van der Waals surface area contributed by atoms with Gasteiger partial charge in [-0.1, -0.05) is 43.3 Å². The number of para-hydroxylation sites is 1. The number of ether oxygens (including phenoxy) is 3. The number of hydrogen-bond acceptors (Lipinski definition) is 6. The van der Waals surface area contributed by atoms with Crippen molar-refractivity contribution < 1.29 is 28.6 Å². The molecule has 0 aliphatic heterocycles. The molecular weight excluding hydrogens is 350 g/mol. The van der Waals surface area contributed by atoms with E-state index in [1.807, 2.05) is 37.3 Å². The van der Waals surface area contributed by atoms with E-state index >= 15 is 0 Å². The highest BCUT2D eigenvalue weighted by molar-refractivity contribution is 5.98. The lowest BCUT2D eigenvalue weighted by Gasteiger charge is -2.14. The fourth-order valence-electron chi connectivity index (χ4n) is 2.19. The first-order valence-corrected chi connectivity index (χ1v) is 8.47. The summed E-state index contributed by atoms with van der Waals surface area (Å²) in [6.07, 6.45) is -0.0930. The lowest BCUT2D eigenvalue weighted by atomic mass is 10.1. The molecular formula is C20H21NO6. The molecule has 7 nitrogen and oxygen atoms in total. The summed E-state index contributed by atoms with van der Waals surface area (Å²) in [4.78, 5) is 35.7. The van der Waals surface area contributed by atoms with E-state index in [1.165, 1.54) is 19.1 Å². The number of benzene rings is 2. The van der Waals surface area contributed by atoms with Crippen LogP contribution in [0.4, 0.5) is 10.5 Å². The largest absolute Gasteiger partial charge is 0.462 e. The van der Waals surface area contributed by atoms with Crippen molar-refractivity contribution in [1.29, 1.82) is 0 Å².